The molecule has 1 amide bonds. The third kappa shape index (κ3) is 3.85. The number of carboxylic acid groups (broad SMARTS) is 1. The number of carbonyl (C=O) groups is 2. The molecule has 0 unspecified atom stereocenters. The van der Waals surface area contributed by atoms with Crippen molar-refractivity contribution < 1.29 is 33.0 Å². The Balaban J connectivity index is 1.62. The Morgan fingerprint density at radius 1 is 0.844 bits per heavy atom. The number of benzene rings is 3. The number of alkyl halides is 3. The minimum atomic E-state index is -4.55. The molecule has 3 aromatic rings. The first-order chi connectivity index (χ1) is 15.2. The summed E-state index contributed by atoms with van der Waals surface area (Å²) in [4.78, 5) is 24.8. The van der Waals surface area contributed by atoms with E-state index in [0.717, 1.165) is 46.5 Å². The maximum Gasteiger partial charge on any atom is 0.416 e. The molecule has 0 radical (unpaired) electrons. The molecule has 4 rings (SSSR count). The van der Waals surface area contributed by atoms with E-state index in [9.17, 15) is 33.0 Å². The lowest BCUT2D eigenvalue weighted by atomic mass is 9.89. The summed E-state index contributed by atoms with van der Waals surface area (Å²) >= 11 is 0. The number of carbonyl (C=O) groups excluding carboxylic acids is 1. The van der Waals surface area contributed by atoms with Crippen LogP contribution in [0.2, 0.25) is 0 Å². The van der Waals surface area contributed by atoms with Crippen molar-refractivity contribution in [1.29, 1.82) is 0 Å². The summed E-state index contributed by atoms with van der Waals surface area (Å²) in [6.45, 7) is 0. The number of amides is 1. The number of halogens is 3. The molecule has 8 heteroatoms. The van der Waals surface area contributed by atoms with Crippen molar-refractivity contribution in [2.45, 2.75) is 24.2 Å². The number of rotatable bonds is 5. The van der Waals surface area contributed by atoms with Gasteiger partial charge in [0.2, 0.25) is 0 Å². The highest BCUT2D eigenvalue weighted by Gasteiger charge is 2.39. The molecule has 0 aromatic heterocycles. The van der Waals surface area contributed by atoms with Crippen molar-refractivity contribution in [2.24, 2.45) is 0 Å². The van der Waals surface area contributed by atoms with Gasteiger partial charge in [-0.25, -0.2) is 4.79 Å². The maximum absolute atomic E-state index is 12.7. The van der Waals surface area contributed by atoms with E-state index < -0.39 is 41.7 Å². The predicted molar refractivity (Wildman–Crippen MR) is 110 cm³/mol. The minimum absolute atomic E-state index is 0.0770. The quantitative estimate of drug-likeness (QED) is 0.556. The fraction of sp³-hybridized carbons (Fsp3) is 0.167. The monoisotopic (exact) mass is 441 g/mol. The van der Waals surface area contributed by atoms with Gasteiger partial charge in [-0.2, -0.15) is 13.2 Å². The van der Waals surface area contributed by atoms with E-state index in [-0.39, 0.29) is 5.56 Å². The van der Waals surface area contributed by atoms with Gasteiger partial charge in [0, 0.05) is 5.92 Å². The van der Waals surface area contributed by atoms with Crippen LogP contribution in [-0.4, -0.2) is 28.1 Å². The average molecular weight is 441 g/mol. The highest BCUT2D eigenvalue weighted by Crippen LogP contribution is 2.46. The molecular formula is C24H18F3NO4. The standard InChI is InChI=1S/C24H18F3NO4/c25-24(26,27)14-11-9-13(10-12-14)21(29)22(30)28-20(23(31)32)19-17-7-3-1-5-15(17)16-6-2-4-8-18(16)19/h1-12,19-21,29H,(H,28,30)(H,31,32)/t20-,21-/m0/s1. The van der Waals surface area contributed by atoms with E-state index in [1.165, 1.54) is 0 Å². The van der Waals surface area contributed by atoms with Gasteiger partial charge in [-0.1, -0.05) is 60.7 Å². The van der Waals surface area contributed by atoms with Gasteiger partial charge >= 0.3 is 12.1 Å². The average Bonchev–Trinajstić information content (AvgIpc) is 3.10. The Morgan fingerprint density at radius 2 is 1.34 bits per heavy atom. The molecule has 0 heterocycles. The van der Waals surface area contributed by atoms with Crippen LogP contribution in [0.25, 0.3) is 11.1 Å². The summed E-state index contributed by atoms with van der Waals surface area (Å²) < 4.78 is 38.2. The van der Waals surface area contributed by atoms with Crippen LogP contribution in [-0.2, 0) is 15.8 Å². The SMILES string of the molecule is O=C(N[C@H](C(=O)O)C1c2ccccc2-c2ccccc21)[C@@H](O)c1ccc(C(F)(F)F)cc1. The molecule has 164 valence electrons. The number of aliphatic hydroxyl groups excluding tert-OH is 1. The molecule has 0 fully saturated rings. The summed E-state index contributed by atoms with van der Waals surface area (Å²) in [6.07, 6.45) is -6.38. The summed E-state index contributed by atoms with van der Waals surface area (Å²) in [5.74, 6) is -3.00. The number of fused-ring (bicyclic) bond motifs is 3. The van der Waals surface area contributed by atoms with Crippen LogP contribution in [0.15, 0.2) is 72.8 Å². The van der Waals surface area contributed by atoms with Gasteiger partial charge in [0.25, 0.3) is 5.91 Å². The fourth-order valence-electron chi connectivity index (χ4n) is 4.08. The van der Waals surface area contributed by atoms with E-state index in [4.69, 9.17) is 0 Å². The van der Waals surface area contributed by atoms with Crippen LogP contribution in [0.1, 0.15) is 34.3 Å². The Hall–Kier alpha value is -3.65. The molecule has 3 aromatic carbocycles. The van der Waals surface area contributed by atoms with Crippen LogP contribution >= 0.6 is 0 Å². The fourth-order valence-corrected chi connectivity index (χ4v) is 4.08. The van der Waals surface area contributed by atoms with E-state index in [2.05, 4.69) is 5.32 Å². The van der Waals surface area contributed by atoms with Gasteiger partial charge < -0.3 is 15.5 Å². The molecule has 0 spiro atoms. The second-order valence-electron chi connectivity index (χ2n) is 7.50. The Morgan fingerprint density at radius 3 is 1.81 bits per heavy atom. The normalized spacial score (nSPS) is 14.9. The number of hydrogen-bond donors (Lipinski definition) is 3. The zero-order chi connectivity index (χ0) is 23.0. The lowest BCUT2D eigenvalue weighted by molar-refractivity contribution is -0.144. The number of nitrogens with one attached hydrogen (secondary N) is 1. The highest BCUT2D eigenvalue weighted by molar-refractivity contribution is 5.90. The molecule has 0 bridgehead atoms. The van der Waals surface area contributed by atoms with Gasteiger partial charge in [0.15, 0.2) is 6.10 Å². The molecule has 32 heavy (non-hydrogen) atoms. The van der Waals surface area contributed by atoms with Gasteiger partial charge in [-0.15, -0.1) is 0 Å². The number of hydrogen-bond acceptors (Lipinski definition) is 3. The van der Waals surface area contributed by atoms with Gasteiger partial charge in [0.05, 0.1) is 5.56 Å². The topological polar surface area (TPSA) is 86.6 Å². The molecule has 3 N–H and O–H groups in total. The third-order valence-electron chi connectivity index (χ3n) is 5.58. The first kappa shape index (κ1) is 21.6. The van der Waals surface area contributed by atoms with Crippen LogP contribution in [0.4, 0.5) is 13.2 Å². The third-order valence-corrected chi connectivity index (χ3v) is 5.58. The predicted octanol–water partition coefficient (Wildman–Crippen LogP) is 4.12. The largest absolute Gasteiger partial charge is 0.480 e. The second kappa shape index (κ2) is 8.12. The van der Waals surface area contributed by atoms with Gasteiger partial charge in [-0.3, -0.25) is 4.79 Å². The lowest BCUT2D eigenvalue weighted by Gasteiger charge is -2.24. The zero-order valence-corrected chi connectivity index (χ0v) is 16.5. The Labute approximate surface area is 181 Å². The van der Waals surface area contributed by atoms with E-state index >= 15 is 0 Å². The lowest BCUT2D eigenvalue weighted by Crippen LogP contribution is -2.46. The number of aliphatic carboxylic acids is 1. The first-order valence-electron chi connectivity index (χ1n) is 9.75. The summed E-state index contributed by atoms with van der Waals surface area (Å²) in [5.41, 5.74) is 2.17. The van der Waals surface area contributed by atoms with E-state index in [1.807, 2.05) is 24.3 Å². The summed E-state index contributed by atoms with van der Waals surface area (Å²) in [5, 5.41) is 22.6. The first-order valence-corrected chi connectivity index (χ1v) is 9.75. The molecule has 5 nitrogen and oxygen atoms in total. The number of aliphatic hydroxyl groups is 1. The highest BCUT2D eigenvalue weighted by atomic mass is 19.4. The molecule has 1 aliphatic rings. The minimum Gasteiger partial charge on any atom is -0.480 e. The van der Waals surface area contributed by atoms with Crippen molar-refractivity contribution in [3.63, 3.8) is 0 Å². The van der Waals surface area contributed by atoms with Crippen LogP contribution < -0.4 is 5.32 Å². The molecule has 0 saturated carbocycles. The van der Waals surface area contributed by atoms with Crippen molar-refractivity contribution in [2.75, 3.05) is 0 Å². The molecule has 0 aliphatic heterocycles. The van der Waals surface area contributed by atoms with Gasteiger partial charge in [-0.05, 0) is 39.9 Å². The van der Waals surface area contributed by atoms with Crippen molar-refractivity contribution in [1.82, 2.24) is 5.32 Å². The molecule has 1 aliphatic carbocycles. The maximum atomic E-state index is 12.7. The second-order valence-corrected chi connectivity index (χ2v) is 7.50. The van der Waals surface area contributed by atoms with Crippen molar-refractivity contribution in [3.8, 4) is 11.1 Å². The smallest absolute Gasteiger partial charge is 0.416 e. The van der Waals surface area contributed by atoms with E-state index in [1.54, 1.807) is 24.3 Å². The van der Waals surface area contributed by atoms with Crippen molar-refractivity contribution in [3.05, 3.63) is 95.1 Å². The summed E-state index contributed by atoms with van der Waals surface area (Å²) in [7, 11) is 0. The van der Waals surface area contributed by atoms with Crippen LogP contribution in [0.3, 0.4) is 0 Å². The molecule has 2 atom stereocenters. The summed E-state index contributed by atoms with van der Waals surface area (Å²) in [6, 6.07) is 16.6. The van der Waals surface area contributed by atoms with Crippen LogP contribution in [0.5, 0.6) is 0 Å². The van der Waals surface area contributed by atoms with Gasteiger partial charge in [0.1, 0.15) is 6.04 Å². The Kier molecular flexibility index (Phi) is 5.48. The zero-order valence-electron chi connectivity index (χ0n) is 16.5. The number of carboxylic acids is 1. The molecule has 0 saturated heterocycles. The van der Waals surface area contributed by atoms with Crippen LogP contribution in [0, 0.1) is 0 Å². The Bertz CT molecular complexity index is 1130. The van der Waals surface area contributed by atoms with E-state index in [0.29, 0.717) is 0 Å². The molecular weight excluding hydrogens is 423 g/mol. The van der Waals surface area contributed by atoms with Crippen molar-refractivity contribution >= 4 is 11.9 Å².